The molecular formula is C20H18F4N4O2. The molecule has 0 fully saturated rings. The molecule has 0 spiro atoms. The third-order valence-electron chi connectivity index (χ3n) is 3.84. The molecule has 0 unspecified atom stereocenters. The van der Waals surface area contributed by atoms with Crippen LogP contribution < -0.4 is 15.4 Å². The van der Waals surface area contributed by atoms with E-state index in [4.69, 9.17) is 0 Å². The van der Waals surface area contributed by atoms with Crippen LogP contribution in [0.1, 0.15) is 6.92 Å². The first-order chi connectivity index (χ1) is 14.2. The molecule has 0 bridgehead atoms. The van der Waals surface area contributed by atoms with E-state index in [-0.39, 0.29) is 24.4 Å². The summed E-state index contributed by atoms with van der Waals surface area (Å²) in [5.41, 5.74) is 1.07. The van der Waals surface area contributed by atoms with Crippen molar-refractivity contribution in [2.24, 2.45) is 0 Å². The number of aliphatic hydroxyl groups excluding tert-OH is 1. The third kappa shape index (κ3) is 6.05. The quantitative estimate of drug-likeness (QED) is 0.479. The summed E-state index contributed by atoms with van der Waals surface area (Å²) in [6.07, 6.45) is -4.82. The fourth-order valence-electron chi connectivity index (χ4n) is 2.56. The zero-order chi connectivity index (χ0) is 21.7. The van der Waals surface area contributed by atoms with E-state index in [1.54, 1.807) is 19.1 Å². The van der Waals surface area contributed by atoms with Gasteiger partial charge in [0.1, 0.15) is 17.4 Å². The third-order valence-corrected chi connectivity index (χ3v) is 3.84. The maximum atomic E-state index is 13.5. The van der Waals surface area contributed by atoms with Crippen molar-refractivity contribution in [2.45, 2.75) is 19.3 Å². The van der Waals surface area contributed by atoms with Gasteiger partial charge in [0, 0.05) is 23.4 Å². The second kappa shape index (κ2) is 8.95. The molecule has 6 nitrogen and oxygen atoms in total. The summed E-state index contributed by atoms with van der Waals surface area (Å²) in [6.45, 7) is 1.52. The van der Waals surface area contributed by atoms with Crippen molar-refractivity contribution in [1.29, 1.82) is 0 Å². The molecule has 0 aliphatic heterocycles. The number of aliphatic hydroxyl groups is 1. The minimum Gasteiger partial charge on any atom is -0.406 e. The van der Waals surface area contributed by atoms with E-state index in [9.17, 15) is 22.7 Å². The molecule has 1 heterocycles. The fraction of sp³-hybridized carbons (Fsp3) is 0.200. The monoisotopic (exact) mass is 422 g/mol. The normalized spacial score (nSPS) is 12.3. The minimum absolute atomic E-state index is 0.134. The van der Waals surface area contributed by atoms with E-state index in [1.807, 2.05) is 0 Å². The topological polar surface area (TPSA) is 79.3 Å². The Morgan fingerprint density at radius 2 is 1.83 bits per heavy atom. The van der Waals surface area contributed by atoms with Crippen molar-refractivity contribution in [2.75, 3.05) is 17.2 Å². The van der Waals surface area contributed by atoms with Crippen LogP contribution in [0, 0.1) is 5.82 Å². The smallest absolute Gasteiger partial charge is 0.406 e. The van der Waals surface area contributed by atoms with Crippen molar-refractivity contribution in [1.82, 2.24) is 9.97 Å². The number of ether oxygens (including phenoxy) is 1. The van der Waals surface area contributed by atoms with Gasteiger partial charge in [0.2, 0.25) is 5.95 Å². The van der Waals surface area contributed by atoms with Gasteiger partial charge in [0.05, 0.1) is 12.3 Å². The van der Waals surface area contributed by atoms with Crippen LogP contribution in [-0.4, -0.2) is 34.1 Å². The molecule has 158 valence electrons. The van der Waals surface area contributed by atoms with E-state index < -0.39 is 17.9 Å². The van der Waals surface area contributed by atoms with Crippen molar-refractivity contribution in [3.63, 3.8) is 0 Å². The Labute approximate surface area is 169 Å². The second-order valence-electron chi connectivity index (χ2n) is 6.40. The molecule has 0 saturated carbocycles. The number of aromatic nitrogens is 2. The molecule has 0 aliphatic carbocycles. The summed E-state index contributed by atoms with van der Waals surface area (Å²) in [5.74, 6) is -0.425. The molecular weight excluding hydrogens is 404 g/mol. The van der Waals surface area contributed by atoms with Gasteiger partial charge in [-0.1, -0.05) is 18.2 Å². The predicted molar refractivity (Wildman–Crippen MR) is 104 cm³/mol. The second-order valence-corrected chi connectivity index (χ2v) is 6.40. The zero-order valence-electron chi connectivity index (χ0n) is 15.7. The number of hydrogen-bond donors (Lipinski definition) is 3. The summed E-state index contributed by atoms with van der Waals surface area (Å²) < 4.78 is 55.1. The number of hydrogen-bond acceptors (Lipinski definition) is 6. The molecule has 2 aromatic carbocycles. The lowest BCUT2D eigenvalue weighted by Crippen LogP contribution is -2.21. The van der Waals surface area contributed by atoms with Gasteiger partial charge in [-0.05, 0) is 37.3 Å². The highest BCUT2D eigenvalue weighted by Crippen LogP contribution is 2.29. The number of rotatable bonds is 7. The van der Waals surface area contributed by atoms with Gasteiger partial charge in [-0.2, -0.15) is 4.98 Å². The van der Waals surface area contributed by atoms with Crippen LogP contribution in [0.15, 0.2) is 54.6 Å². The molecule has 0 saturated heterocycles. The van der Waals surface area contributed by atoms with E-state index in [1.165, 1.54) is 42.5 Å². The maximum Gasteiger partial charge on any atom is 0.573 e. The molecule has 10 heteroatoms. The Balaban J connectivity index is 1.98. The number of benzene rings is 2. The van der Waals surface area contributed by atoms with Gasteiger partial charge >= 0.3 is 6.36 Å². The number of halogens is 4. The van der Waals surface area contributed by atoms with Gasteiger partial charge < -0.3 is 20.5 Å². The van der Waals surface area contributed by atoms with Crippen LogP contribution in [-0.2, 0) is 0 Å². The van der Waals surface area contributed by atoms with Crippen molar-refractivity contribution in [3.8, 4) is 17.0 Å². The Bertz CT molecular complexity index is 1010. The van der Waals surface area contributed by atoms with Crippen LogP contribution in [0.2, 0.25) is 0 Å². The SMILES string of the molecule is C[C@@H](CO)Nc1nc(Nc2cccc(F)c2)cc(-c2cccc(OC(F)(F)F)c2)n1. The van der Waals surface area contributed by atoms with Gasteiger partial charge in [-0.25, -0.2) is 9.37 Å². The molecule has 0 aliphatic rings. The summed E-state index contributed by atoms with van der Waals surface area (Å²) >= 11 is 0. The maximum absolute atomic E-state index is 13.5. The summed E-state index contributed by atoms with van der Waals surface area (Å²) in [6, 6.07) is 12.2. The summed E-state index contributed by atoms with van der Waals surface area (Å²) in [5, 5.41) is 15.1. The van der Waals surface area contributed by atoms with Crippen LogP contribution in [0.4, 0.5) is 35.0 Å². The Hall–Kier alpha value is -3.40. The molecule has 1 aromatic heterocycles. The first-order valence-electron chi connectivity index (χ1n) is 8.87. The molecule has 0 amide bonds. The van der Waals surface area contributed by atoms with Gasteiger partial charge in [0.15, 0.2) is 0 Å². The fourth-order valence-corrected chi connectivity index (χ4v) is 2.56. The molecule has 3 N–H and O–H groups in total. The van der Waals surface area contributed by atoms with Crippen molar-refractivity contribution in [3.05, 3.63) is 60.4 Å². The number of anilines is 3. The first kappa shape index (κ1) is 21.3. The Morgan fingerprint density at radius 3 is 2.53 bits per heavy atom. The average molecular weight is 422 g/mol. The lowest BCUT2D eigenvalue weighted by Gasteiger charge is -2.15. The van der Waals surface area contributed by atoms with Crippen molar-refractivity contribution < 1.29 is 27.4 Å². The Morgan fingerprint density at radius 1 is 1.07 bits per heavy atom. The lowest BCUT2D eigenvalue weighted by atomic mass is 10.1. The highest BCUT2D eigenvalue weighted by molar-refractivity contribution is 5.68. The van der Waals surface area contributed by atoms with E-state index in [0.29, 0.717) is 16.9 Å². The zero-order valence-corrected chi connectivity index (χ0v) is 15.7. The molecule has 1 atom stereocenters. The van der Waals surface area contributed by atoms with E-state index >= 15 is 0 Å². The van der Waals surface area contributed by atoms with E-state index in [0.717, 1.165) is 0 Å². The molecule has 30 heavy (non-hydrogen) atoms. The molecule has 0 radical (unpaired) electrons. The van der Waals surface area contributed by atoms with Crippen molar-refractivity contribution >= 4 is 17.5 Å². The van der Waals surface area contributed by atoms with Gasteiger partial charge in [-0.15, -0.1) is 13.2 Å². The van der Waals surface area contributed by atoms with Crippen LogP contribution in [0.3, 0.4) is 0 Å². The Kier molecular flexibility index (Phi) is 6.36. The summed E-state index contributed by atoms with van der Waals surface area (Å²) in [4.78, 5) is 8.58. The van der Waals surface area contributed by atoms with Crippen LogP contribution in [0.25, 0.3) is 11.3 Å². The number of nitrogens with zero attached hydrogens (tertiary/aromatic N) is 2. The van der Waals surface area contributed by atoms with Gasteiger partial charge in [-0.3, -0.25) is 0 Å². The molecule has 3 aromatic rings. The largest absolute Gasteiger partial charge is 0.573 e. The number of nitrogens with one attached hydrogen (secondary N) is 2. The van der Waals surface area contributed by atoms with Crippen LogP contribution in [0.5, 0.6) is 5.75 Å². The first-order valence-corrected chi connectivity index (χ1v) is 8.87. The highest BCUT2D eigenvalue weighted by atomic mass is 19.4. The number of alkyl halides is 3. The molecule has 3 rings (SSSR count). The summed E-state index contributed by atoms with van der Waals surface area (Å²) in [7, 11) is 0. The standard InChI is InChI=1S/C20H18F4N4O2/c1-12(11-29)25-19-27-17(13-4-2-7-16(8-13)30-20(22,23)24)10-18(28-19)26-15-6-3-5-14(21)9-15/h2-10,12,29H,11H2,1H3,(H2,25,26,27,28)/t12-/m0/s1. The minimum atomic E-state index is -4.82. The highest BCUT2D eigenvalue weighted by Gasteiger charge is 2.31. The van der Waals surface area contributed by atoms with Gasteiger partial charge in [0.25, 0.3) is 0 Å². The van der Waals surface area contributed by atoms with E-state index in [2.05, 4.69) is 25.3 Å². The lowest BCUT2D eigenvalue weighted by molar-refractivity contribution is -0.274. The predicted octanol–water partition coefficient (Wildman–Crippen LogP) is 4.72. The average Bonchev–Trinajstić information content (AvgIpc) is 2.66. The van der Waals surface area contributed by atoms with Crippen LogP contribution >= 0.6 is 0 Å².